The summed E-state index contributed by atoms with van der Waals surface area (Å²) >= 11 is 0. The van der Waals surface area contributed by atoms with Crippen LogP contribution < -0.4 is 10.1 Å². The van der Waals surface area contributed by atoms with Crippen molar-refractivity contribution in [3.63, 3.8) is 0 Å². The van der Waals surface area contributed by atoms with Crippen LogP contribution in [-0.2, 0) is 21.2 Å². The number of hydrogen-bond acceptors (Lipinski definition) is 4. The largest absolute Gasteiger partial charge is 0.495 e. The zero-order valence-electron chi connectivity index (χ0n) is 18.5. The summed E-state index contributed by atoms with van der Waals surface area (Å²) in [5, 5.41) is 2.79. The van der Waals surface area contributed by atoms with Crippen molar-refractivity contribution in [2.24, 2.45) is 0 Å². The molecule has 3 aromatic carbocycles. The van der Waals surface area contributed by atoms with Crippen LogP contribution in [0.15, 0.2) is 77.7 Å². The highest BCUT2D eigenvalue weighted by Gasteiger charge is 2.29. The summed E-state index contributed by atoms with van der Waals surface area (Å²) in [5.41, 5.74) is 3.47. The van der Waals surface area contributed by atoms with Gasteiger partial charge in [0, 0.05) is 12.2 Å². The molecule has 0 atom stereocenters. The number of amides is 1. The summed E-state index contributed by atoms with van der Waals surface area (Å²) in [6, 6.07) is 21.9. The average Bonchev–Trinajstić information content (AvgIpc) is 2.78. The molecule has 0 saturated heterocycles. The van der Waals surface area contributed by atoms with E-state index in [0.29, 0.717) is 12.1 Å². The molecule has 0 saturated carbocycles. The third-order valence-corrected chi connectivity index (χ3v) is 6.95. The third-order valence-electron chi connectivity index (χ3n) is 5.08. The molecule has 3 aromatic rings. The molecule has 7 heteroatoms. The normalized spacial score (nSPS) is 11.4. The maximum absolute atomic E-state index is 13.6. The van der Waals surface area contributed by atoms with Gasteiger partial charge in [-0.1, -0.05) is 54.1 Å². The van der Waals surface area contributed by atoms with Crippen molar-refractivity contribution in [2.75, 3.05) is 25.5 Å². The minimum absolute atomic E-state index is 0.0520. The van der Waals surface area contributed by atoms with Crippen molar-refractivity contribution in [1.29, 1.82) is 0 Å². The molecule has 0 aliphatic carbocycles. The van der Waals surface area contributed by atoms with Crippen molar-refractivity contribution in [3.05, 3.63) is 89.5 Å². The molecule has 0 fully saturated rings. The van der Waals surface area contributed by atoms with Gasteiger partial charge < -0.3 is 10.1 Å². The van der Waals surface area contributed by atoms with Gasteiger partial charge in [-0.05, 0) is 55.7 Å². The van der Waals surface area contributed by atoms with E-state index in [1.807, 2.05) is 56.3 Å². The number of carbonyl (C=O) groups is 1. The molecule has 0 aliphatic rings. The molecule has 6 nitrogen and oxygen atoms in total. The summed E-state index contributed by atoms with van der Waals surface area (Å²) in [5.74, 6) is -0.156. The lowest BCUT2D eigenvalue weighted by Gasteiger charge is -2.23. The Balaban J connectivity index is 1.88. The smallest absolute Gasteiger partial charge is 0.247 e. The maximum Gasteiger partial charge on any atom is 0.247 e. The van der Waals surface area contributed by atoms with Crippen LogP contribution in [0.3, 0.4) is 0 Å². The van der Waals surface area contributed by atoms with E-state index in [4.69, 9.17) is 4.74 Å². The lowest BCUT2D eigenvalue weighted by molar-refractivity contribution is -0.116. The fourth-order valence-corrected chi connectivity index (χ4v) is 4.94. The van der Waals surface area contributed by atoms with Gasteiger partial charge in [-0.25, -0.2) is 8.42 Å². The van der Waals surface area contributed by atoms with Gasteiger partial charge in [0.15, 0.2) is 0 Å². The van der Waals surface area contributed by atoms with Gasteiger partial charge in [0.05, 0.1) is 13.7 Å². The molecule has 0 heterocycles. The molecule has 32 heavy (non-hydrogen) atoms. The Morgan fingerprint density at radius 3 is 2.25 bits per heavy atom. The van der Waals surface area contributed by atoms with E-state index in [-0.39, 0.29) is 23.7 Å². The first-order chi connectivity index (χ1) is 15.3. The predicted octanol–water partition coefficient (Wildman–Crippen LogP) is 4.18. The van der Waals surface area contributed by atoms with E-state index in [9.17, 15) is 13.2 Å². The van der Waals surface area contributed by atoms with Gasteiger partial charge in [0.2, 0.25) is 15.9 Å². The molecule has 1 N–H and O–H groups in total. The fraction of sp³-hybridized carbons (Fsp3) is 0.240. The highest BCUT2D eigenvalue weighted by Crippen LogP contribution is 2.28. The highest BCUT2D eigenvalue weighted by atomic mass is 32.2. The predicted molar refractivity (Wildman–Crippen MR) is 126 cm³/mol. The first kappa shape index (κ1) is 23.5. The summed E-state index contributed by atoms with van der Waals surface area (Å²) < 4.78 is 33.7. The van der Waals surface area contributed by atoms with Crippen LogP contribution in [0.25, 0.3) is 0 Å². The Kier molecular flexibility index (Phi) is 7.66. The number of hydrogen-bond donors (Lipinski definition) is 1. The number of carbonyl (C=O) groups excluding carboxylic acids is 1. The molecule has 3 rings (SSSR count). The van der Waals surface area contributed by atoms with Crippen LogP contribution in [0.2, 0.25) is 0 Å². The molecule has 0 aliphatic heterocycles. The summed E-state index contributed by atoms with van der Waals surface area (Å²) in [7, 11) is -2.55. The first-order valence-electron chi connectivity index (χ1n) is 10.3. The summed E-state index contributed by atoms with van der Waals surface area (Å²) in [4.78, 5) is 12.8. The SMILES string of the molecule is COc1ccc(C)cc1S(=O)(=O)N(CCc1ccccc1)CC(=O)Nc1ccc(C)cc1. The van der Waals surface area contributed by atoms with E-state index >= 15 is 0 Å². The second kappa shape index (κ2) is 10.4. The number of benzene rings is 3. The van der Waals surface area contributed by atoms with Crippen molar-refractivity contribution >= 4 is 21.6 Å². The Morgan fingerprint density at radius 1 is 0.938 bits per heavy atom. The van der Waals surface area contributed by atoms with Gasteiger partial charge in [-0.3, -0.25) is 4.79 Å². The van der Waals surface area contributed by atoms with Crippen LogP contribution in [0.5, 0.6) is 5.75 Å². The zero-order chi connectivity index (χ0) is 23.1. The Labute approximate surface area is 189 Å². The molecule has 0 aromatic heterocycles. The van der Waals surface area contributed by atoms with Crippen LogP contribution in [0.4, 0.5) is 5.69 Å². The van der Waals surface area contributed by atoms with Gasteiger partial charge in [-0.15, -0.1) is 0 Å². The number of rotatable bonds is 9. The van der Waals surface area contributed by atoms with Crippen LogP contribution in [0.1, 0.15) is 16.7 Å². The molecular weight excluding hydrogens is 424 g/mol. The fourth-order valence-electron chi connectivity index (χ4n) is 3.30. The zero-order valence-corrected chi connectivity index (χ0v) is 19.4. The quantitative estimate of drug-likeness (QED) is 0.528. The van der Waals surface area contributed by atoms with Gasteiger partial charge in [0.1, 0.15) is 10.6 Å². The van der Waals surface area contributed by atoms with E-state index in [2.05, 4.69) is 5.32 Å². The van der Waals surface area contributed by atoms with E-state index in [0.717, 1.165) is 16.7 Å². The first-order valence-corrected chi connectivity index (χ1v) is 11.8. The van der Waals surface area contributed by atoms with Crippen LogP contribution in [-0.4, -0.2) is 38.8 Å². The lowest BCUT2D eigenvalue weighted by Crippen LogP contribution is -2.39. The minimum Gasteiger partial charge on any atom is -0.495 e. The Morgan fingerprint density at radius 2 is 1.59 bits per heavy atom. The van der Waals surface area contributed by atoms with E-state index in [1.165, 1.54) is 11.4 Å². The molecule has 1 amide bonds. The molecule has 168 valence electrons. The monoisotopic (exact) mass is 452 g/mol. The topological polar surface area (TPSA) is 75.7 Å². The third kappa shape index (κ3) is 5.96. The molecule has 0 bridgehead atoms. The second-order valence-corrected chi connectivity index (χ2v) is 9.55. The Hall–Kier alpha value is -3.16. The molecular formula is C25H28N2O4S. The lowest BCUT2D eigenvalue weighted by atomic mass is 10.1. The van der Waals surface area contributed by atoms with Gasteiger partial charge >= 0.3 is 0 Å². The molecule has 0 radical (unpaired) electrons. The summed E-state index contributed by atoms with van der Waals surface area (Å²) in [6.07, 6.45) is 0.478. The minimum atomic E-state index is -3.98. The molecule has 0 unspecified atom stereocenters. The standard InChI is InChI=1S/C25H28N2O4S/c1-19-9-12-22(13-10-19)26-25(28)18-27(16-15-21-7-5-4-6-8-21)32(29,30)24-17-20(2)11-14-23(24)31-3/h4-14,17H,15-16,18H2,1-3H3,(H,26,28). The van der Waals surface area contributed by atoms with Crippen molar-refractivity contribution in [2.45, 2.75) is 25.2 Å². The molecule has 0 spiro atoms. The van der Waals surface area contributed by atoms with E-state index < -0.39 is 15.9 Å². The number of aryl methyl sites for hydroxylation is 2. The number of sulfonamides is 1. The average molecular weight is 453 g/mol. The second-order valence-electron chi connectivity index (χ2n) is 7.64. The highest BCUT2D eigenvalue weighted by molar-refractivity contribution is 7.89. The number of nitrogens with zero attached hydrogens (tertiary/aromatic N) is 1. The maximum atomic E-state index is 13.6. The van der Waals surface area contributed by atoms with Crippen LogP contribution >= 0.6 is 0 Å². The number of ether oxygens (including phenoxy) is 1. The van der Waals surface area contributed by atoms with Crippen molar-refractivity contribution in [3.8, 4) is 5.75 Å². The number of anilines is 1. The van der Waals surface area contributed by atoms with Gasteiger partial charge in [-0.2, -0.15) is 4.31 Å². The number of nitrogens with one attached hydrogen (secondary N) is 1. The Bertz CT molecular complexity index is 1160. The van der Waals surface area contributed by atoms with Crippen LogP contribution in [0, 0.1) is 13.8 Å². The van der Waals surface area contributed by atoms with Crippen molar-refractivity contribution in [1.82, 2.24) is 4.31 Å². The van der Waals surface area contributed by atoms with Gasteiger partial charge in [0.25, 0.3) is 0 Å². The van der Waals surface area contributed by atoms with Crippen molar-refractivity contribution < 1.29 is 17.9 Å². The number of methoxy groups -OCH3 is 1. The summed E-state index contributed by atoms with van der Waals surface area (Å²) in [6.45, 7) is 3.63. The van der Waals surface area contributed by atoms with E-state index in [1.54, 1.807) is 30.3 Å².